The van der Waals surface area contributed by atoms with E-state index in [0.29, 0.717) is 5.75 Å². The van der Waals surface area contributed by atoms with Crippen LogP contribution >= 0.6 is 15.9 Å². The lowest BCUT2D eigenvalue weighted by Gasteiger charge is -2.20. The van der Waals surface area contributed by atoms with E-state index in [-0.39, 0.29) is 12.5 Å². The van der Waals surface area contributed by atoms with E-state index < -0.39 is 0 Å². The number of ether oxygens (including phenoxy) is 1. The van der Waals surface area contributed by atoms with Crippen molar-refractivity contribution in [2.24, 2.45) is 5.73 Å². The highest BCUT2D eigenvalue weighted by molar-refractivity contribution is 9.10. The molecule has 0 aliphatic heterocycles. The molecule has 4 nitrogen and oxygen atoms in total. The van der Waals surface area contributed by atoms with Crippen molar-refractivity contribution < 1.29 is 9.53 Å². The summed E-state index contributed by atoms with van der Waals surface area (Å²) in [5, 5.41) is 0. The van der Waals surface area contributed by atoms with Crippen molar-refractivity contribution in [2.75, 3.05) is 25.6 Å². The van der Waals surface area contributed by atoms with Gasteiger partial charge in [-0.2, -0.15) is 0 Å². The van der Waals surface area contributed by atoms with E-state index in [1.54, 1.807) is 19.1 Å². The minimum absolute atomic E-state index is 0.160. The maximum absolute atomic E-state index is 10.8. The van der Waals surface area contributed by atoms with Crippen molar-refractivity contribution in [2.45, 2.75) is 0 Å². The largest absolute Gasteiger partial charge is 0.495 e. The summed E-state index contributed by atoms with van der Waals surface area (Å²) in [6.07, 6.45) is 0. The molecule has 0 atom stereocenters. The average Bonchev–Trinajstić information content (AvgIpc) is 2.16. The number of hydrogen-bond donors (Lipinski definition) is 1. The Kier molecular flexibility index (Phi) is 3.96. The van der Waals surface area contributed by atoms with E-state index in [1.165, 1.54) is 0 Å². The predicted octanol–water partition coefficient (Wildman–Crippen LogP) is 1.38. The number of carbonyl (C=O) groups excluding carboxylic acids is 1. The van der Waals surface area contributed by atoms with Gasteiger partial charge in [-0.1, -0.05) is 15.9 Å². The average molecular weight is 273 g/mol. The summed E-state index contributed by atoms with van der Waals surface area (Å²) < 4.78 is 6.11. The minimum Gasteiger partial charge on any atom is -0.495 e. The van der Waals surface area contributed by atoms with Crippen LogP contribution in [0.1, 0.15) is 0 Å². The van der Waals surface area contributed by atoms with Crippen LogP contribution in [0.2, 0.25) is 0 Å². The lowest BCUT2D eigenvalue weighted by Crippen LogP contribution is -2.30. The quantitative estimate of drug-likeness (QED) is 0.901. The first-order chi connectivity index (χ1) is 7.04. The lowest BCUT2D eigenvalue weighted by atomic mass is 10.2. The molecule has 0 fully saturated rings. The second-order valence-corrected chi connectivity index (χ2v) is 4.05. The Morgan fingerprint density at radius 1 is 1.60 bits per heavy atom. The number of primary amides is 1. The topological polar surface area (TPSA) is 55.6 Å². The Morgan fingerprint density at radius 3 is 2.80 bits per heavy atom. The van der Waals surface area contributed by atoms with Crippen LogP contribution in [0.4, 0.5) is 5.69 Å². The van der Waals surface area contributed by atoms with Gasteiger partial charge in [0.05, 0.1) is 19.3 Å². The number of likely N-dealkylation sites (N-methyl/N-ethyl adjacent to an activating group) is 1. The van der Waals surface area contributed by atoms with Crippen LogP contribution in [0.15, 0.2) is 22.7 Å². The summed E-state index contributed by atoms with van der Waals surface area (Å²) in [5.74, 6) is 0.335. The molecule has 82 valence electrons. The SMILES string of the molecule is COc1ccc(Br)cc1N(C)CC(N)=O. The molecular formula is C10H13BrN2O2. The molecule has 0 aliphatic rings. The molecule has 0 spiro atoms. The van der Waals surface area contributed by atoms with Gasteiger partial charge < -0.3 is 15.4 Å². The van der Waals surface area contributed by atoms with Gasteiger partial charge in [-0.25, -0.2) is 0 Å². The molecule has 0 bridgehead atoms. The third-order valence-electron chi connectivity index (χ3n) is 1.95. The fraction of sp³-hybridized carbons (Fsp3) is 0.300. The number of rotatable bonds is 4. The molecule has 0 heterocycles. The summed E-state index contributed by atoms with van der Waals surface area (Å²) >= 11 is 3.36. The number of hydrogen-bond acceptors (Lipinski definition) is 3. The third-order valence-corrected chi connectivity index (χ3v) is 2.44. The summed E-state index contributed by atoms with van der Waals surface area (Å²) in [4.78, 5) is 12.5. The molecule has 1 aromatic carbocycles. The van der Waals surface area contributed by atoms with Gasteiger partial charge in [0.2, 0.25) is 5.91 Å². The van der Waals surface area contributed by atoms with Crippen molar-refractivity contribution in [3.8, 4) is 5.75 Å². The second-order valence-electron chi connectivity index (χ2n) is 3.14. The van der Waals surface area contributed by atoms with E-state index in [2.05, 4.69) is 15.9 Å². The van der Waals surface area contributed by atoms with Crippen LogP contribution in [-0.2, 0) is 4.79 Å². The number of benzene rings is 1. The molecule has 1 amide bonds. The fourth-order valence-corrected chi connectivity index (χ4v) is 1.63. The van der Waals surface area contributed by atoms with E-state index in [9.17, 15) is 4.79 Å². The molecule has 5 heteroatoms. The number of nitrogens with zero attached hydrogens (tertiary/aromatic N) is 1. The van der Waals surface area contributed by atoms with Gasteiger partial charge in [-0.15, -0.1) is 0 Å². The molecule has 0 saturated heterocycles. The van der Waals surface area contributed by atoms with Crippen molar-refractivity contribution in [3.63, 3.8) is 0 Å². The Balaban J connectivity index is 2.99. The predicted molar refractivity (Wildman–Crippen MR) is 63.2 cm³/mol. The zero-order chi connectivity index (χ0) is 11.4. The van der Waals surface area contributed by atoms with E-state index in [1.807, 2.05) is 18.2 Å². The Bertz CT molecular complexity index is 368. The summed E-state index contributed by atoms with van der Waals surface area (Å²) in [5.41, 5.74) is 5.95. The molecule has 15 heavy (non-hydrogen) atoms. The molecule has 1 rings (SSSR count). The minimum atomic E-state index is -0.375. The maximum Gasteiger partial charge on any atom is 0.236 e. The molecule has 2 N–H and O–H groups in total. The van der Waals surface area contributed by atoms with Gasteiger partial charge in [0.25, 0.3) is 0 Å². The van der Waals surface area contributed by atoms with E-state index in [0.717, 1.165) is 10.2 Å². The van der Waals surface area contributed by atoms with Gasteiger partial charge in [0.1, 0.15) is 5.75 Å². The number of nitrogens with two attached hydrogens (primary N) is 1. The number of methoxy groups -OCH3 is 1. The molecule has 1 aromatic rings. The highest BCUT2D eigenvalue weighted by Crippen LogP contribution is 2.30. The van der Waals surface area contributed by atoms with Gasteiger partial charge in [-0.3, -0.25) is 4.79 Å². The van der Waals surface area contributed by atoms with Crippen LogP contribution in [0, 0.1) is 0 Å². The number of halogens is 1. The number of amides is 1. The van der Waals surface area contributed by atoms with Crippen LogP contribution in [-0.4, -0.2) is 26.6 Å². The molecular weight excluding hydrogens is 260 g/mol. The number of carbonyl (C=O) groups is 1. The highest BCUT2D eigenvalue weighted by atomic mass is 79.9. The van der Waals surface area contributed by atoms with Gasteiger partial charge in [0.15, 0.2) is 0 Å². The third kappa shape index (κ3) is 3.13. The van der Waals surface area contributed by atoms with Gasteiger partial charge in [-0.05, 0) is 18.2 Å². The van der Waals surface area contributed by atoms with Crippen LogP contribution < -0.4 is 15.4 Å². The normalized spacial score (nSPS) is 9.80. The fourth-order valence-electron chi connectivity index (χ4n) is 1.28. The first kappa shape index (κ1) is 11.8. The monoisotopic (exact) mass is 272 g/mol. The summed E-state index contributed by atoms with van der Waals surface area (Å²) in [7, 11) is 3.37. The lowest BCUT2D eigenvalue weighted by molar-refractivity contribution is -0.116. The molecule has 0 saturated carbocycles. The first-order valence-electron chi connectivity index (χ1n) is 4.37. The molecule has 0 aliphatic carbocycles. The summed E-state index contributed by atoms with van der Waals surface area (Å²) in [6.45, 7) is 0.160. The van der Waals surface area contributed by atoms with Crippen molar-refractivity contribution >= 4 is 27.5 Å². The zero-order valence-electron chi connectivity index (χ0n) is 8.66. The molecule has 0 unspecified atom stereocenters. The van der Waals surface area contributed by atoms with Crippen molar-refractivity contribution in [3.05, 3.63) is 22.7 Å². The maximum atomic E-state index is 10.8. The van der Waals surface area contributed by atoms with Crippen LogP contribution in [0.25, 0.3) is 0 Å². The smallest absolute Gasteiger partial charge is 0.236 e. The van der Waals surface area contributed by atoms with Crippen molar-refractivity contribution in [1.29, 1.82) is 0 Å². The molecule has 0 aromatic heterocycles. The highest BCUT2D eigenvalue weighted by Gasteiger charge is 2.10. The van der Waals surface area contributed by atoms with Crippen molar-refractivity contribution in [1.82, 2.24) is 0 Å². The van der Waals surface area contributed by atoms with Gasteiger partial charge >= 0.3 is 0 Å². The second kappa shape index (κ2) is 5.02. The Labute approximate surface area is 97.1 Å². The van der Waals surface area contributed by atoms with Gasteiger partial charge in [0, 0.05) is 11.5 Å². The van der Waals surface area contributed by atoms with Crippen LogP contribution in [0.5, 0.6) is 5.75 Å². The zero-order valence-corrected chi connectivity index (χ0v) is 10.2. The van der Waals surface area contributed by atoms with E-state index in [4.69, 9.17) is 10.5 Å². The molecule has 0 radical (unpaired) electrons. The first-order valence-corrected chi connectivity index (χ1v) is 5.17. The summed E-state index contributed by atoms with van der Waals surface area (Å²) in [6, 6.07) is 5.58. The standard InChI is InChI=1S/C10H13BrN2O2/c1-13(6-10(12)14)8-5-7(11)3-4-9(8)15-2/h3-5H,6H2,1-2H3,(H2,12,14). The number of anilines is 1. The van der Waals surface area contributed by atoms with Crippen LogP contribution in [0.3, 0.4) is 0 Å². The Hall–Kier alpha value is -1.23. The Morgan fingerprint density at radius 2 is 2.27 bits per heavy atom. The van der Waals surface area contributed by atoms with E-state index >= 15 is 0 Å².